The van der Waals surface area contributed by atoms with E-state index in [2.05, 4.69) is 53.0 Å². The Morgan fingerprint density at radius 1 is 1.26 bits per heavy atom. The van der Waals surface area contributed by atoms with Crippen molar-refractivity contribution in [3.05, 3.63) is 35.9 Å². The van der Waals surface area contributed by atoms with Crippen LogP contribution in [0.2, 0.25) is 0 Å². The second kappa shape index (κ2) is 8.56. The highest BCUT2D eigenvalue weighted by molar-refractivity contribution is 5.80. The van der Waals surface area contributed by atoms with Crippen LogP contribution < -0.4 is 5.32 Å². The van der Waals surface area contributed by atoms with E-state index in [1.165, 1.54) is 0 Å². The minimum atomic E-state index is -0.0420. The summed E-state index contributed by atoms with van der Waals surface area (Å²) in [7, 11) is 0. The summed E-state index contributed by atoms with van der Waals surface area (Å²) in [4.78, 5) is 13.8. The summed E-state index contributed by atoms with van der Waals surface area (Å²) in [6.07, 6.45) is 3.43. The van der Waals surface area contributed by atoms with Gasteiger partial charge >= 0.3 is 0 Å². The van der Waals surface area contributed by atoms with Gasteiger partial charge in [-0.2, -0.15) is 0 Å². The normalized spacial score (nSPS) is 16.7. The summed E-state index contributed by atoms with van der Waals surface area (Å²) in [5.74, 6) is 2.45. The van der Waals surface area contributed by atoms with Gasteiger partial charge in [-0.15, -0.1) is 0 Å². The summed E-state index contributed by atoms with van der Waals surface area (Å²) in [5.41, 5.74) is 0.933. The predicted octanol–water partition coefficient (Wildman–Crippen LogP) is 2.24. The average molecular weight is 374 g/mol. The van der Waals surface area contributed by atoms with Crippen LogP contribution in [0, 0.1) is 0 Å². The molecule has 3 heterocycles. The molecule has 2 aromatic rings. The molecule has 3 rings (SSSR count). The number of oxazole rings is 1. The van der Waals surface area contributed by atoms with E-state index in [-0.39, 0.29) is 5.41 Å². The van der Waals surface area contributed by atoms with Crippen molar-refractivity contribution in [1.82, 2.24) is 25.3 Å². The summed E-state index contributed by atoms with van der Waals surface area (Å²) < 4.78 is 10.8. The van der Waals surface area contributed by atoms with Crippen molar-refractivity contribution in [1.29, 1.82) is 0 Å². The third-order valence-corrected chi connectivity index (χ3v) is 4.54. The molecule has 0 radical (unpaired) electrons. The molecular weight excluding hydrogens is 344 g/mol. The molecule has 2 aromatic heterocycles. The van der Waals surface area contributed by atoms with E-state index in [1.54, 1.807) is 12.5 Å². The molecule has 1 N–H and O–H groups in total. The molecule has 0 spiro atoms. The highest BCUT2D eigenvalue weighted by atomic mass is 16.5. The lowest BCUT2D eigenvalue weighted by Crippen LogP contribution is -2.52. The van der Waals surface area contributed by atoms with Crippen LogP contribution in [0.4, 0.5) is 0 Å². The fraction of sp³-hybridized carbons (Fsp3) is 0.632. The van der Waals surface area contributed by atoms with Gasteiger partial charge in [0.15, 0.2) is 5.96 Å². The van der Waals surface area contributed by atoms with E-state index >= 15 is 0 Å². The van der Waals surface area contributed by atoms with Crippen molar-refractivity contribution >= 4 is 5.96 Å². The lowest BCUT2D eigenvalue weighted by molar-refractivity contribution is 0.169. The summed E-state index contributed by atoms with van der Waals surface area (Å²) in [6, 6.07) is 1.92. The Balaban J connectivity index is 1.57. The van der Waals surface area contributed by atoms with Crippen LogP contribution in [0.25, 0.3) is 0 Å². The van der Waals surface area contributed by atoms with Gasteiger partial charge in [0.2, 0.25) is 5.89 Å². The van der Waals surface area contributed by atoms with Crippen molar-refractivity contribution in [3.8, 4) is 0 Å². The van der Waals surface area contributed by atoms with E-state index < -0.39 is 0 Å². The molecule has 0 aromatic carbocycles. The largest absolute Gasteiger partial charge is 0.443 e. The van der Waals surface area contributed by atoms with Crippen LogP contribution in [0.1, 0.15) is 45.0 Å². The topological polar surface area (TPSA) is 82.9 Å². The van der Waals surface area contributed by atoms with Crippen molar-refractivity contribution in [2.45, 2.75) is 46.2 Å². The molecule has 27 heavy (non-hydrogen) atoms. The van der Waals surface area contributed by atoms with Crippen molar-refractivity contribution in [2.24, 2.45) is 4.99 Å². The zero-order valence-corrected chi connectivity index (χ0v) is 16.7. The van der Waals surface area contributed by atoms with Crippen LogP contribution >= 0.6 is 0 Å². The van der Waals surface area contributed by atoms with E-state index in [0.29, 0.717) is 12.4 Å². The molecule has 0 saturated carbocycles. The Hall–Kier alpha value is -2.35. The Morgan fingerprint density at radius 3 is 2.63 bits per heavy atom. The number of piperazine rings is 1. The zero-order valence-electron chi connectivity index (χ0n) is 16.7. The van der Waals surface area contributed by atoms with E-state index in [1.807, 2.05) is 6.07 Å². The molecule has 0 unspecified atom stereocenters. The minimum Gasteiger partial charge on any atom is -0.443 e. The second-order valence-corrected chi connectivity index (χ2v) is 7.79. The third kappa shape index (κ3) is 5.32. The summed E-state index contributed by atoms with van der Waals surface area (Å²) in [6.45, 7) is 14.3. The van der Waals surface area contributed by atoms with Gasteiger partial charge in [0.05, 0.1) is 11.9 Å². The van der Waals surface area contributed by atoms with Gasteiger partial charge in [0.1, 0.15) is 18.6 Å². The van der Waals surface area contributed by atoms with Crippen LogP contribution in [-0.4, -0.2) is 58.6 Å². The first kappa shape index (κ1) is 19.4. The lowest BCUT2D eigenvalue weighted by Gasteiger charge is -2.36. The Kier molecular flexibility index (Phi) is 6.15. The van der Waals surface area contributed by atoms with Crippen molar-refractivity contribution in [3.63, 3.8) is 0 Å². The molecule has 1 saturated heterocycles. The predicted molar refractivity (Wildman–Crippen MR) is 103 cm³/mol. The summed E-state index contributed by atoms with van der Waals surface area (Å²) in [5, 5.41) is 7.37. The van der Waals surface area contributed by atoms with Gasteiger partial charge in [0, 0.05) is 50.7 Å². The number of hydrogen-bond donors (Lipinski definition) is 1. The highest BCUT2D eigenvalue weighted by Crippen LogP contribution is 2.22. The molecule has 0 aliphatic carbocycles. The number of aliphatic imine (C=N–C) groups is 1. The number of nitrogens with zero attached hydrogens (tertiary/aromatic N) is 5. The van der Waals surface area contributed by atoms with Gasteiger partial charge in [-0.3, -0.25) is 4.90 Å². The van der Waals surface area contributed by atoms with Gasteiger partial charge in [-0.1, -0.05) is 25.9 Å². The molecule has 8 heteroatoms. The van der Waals surface area contributed by atoms with Gasteiger partial charge < -0.3 is 19.2 Å². The Labute approximate surface area is 160 Å². The molecule has 0 amide bonds. The van der Waals surface area contributed by atoms with Gasteiger partial charge in [-0.25, -0.2) is 9.98 Å². The Bertz CT molecular complexity index is 724. The maximum atomic E-state index is 5.85. The first-order chi connectivity index (χ1) is 13.0. The molecule has 1 aliphatic heterocycles. The van der Waals surface area contributed by atoms with Gasteiger partial charge in [0.25, 0.3) is 0 Å². The smallest absolute Gasteiger partial charge is 0.216 e. The molecule has 0 bridgehead atoms. The third-order valence-electron chi connectivity index (χ3n) is 4.54. The SMILES string of the molecule is CCNC(=NCc1ncc(C(C)(C)C)o1)N1CCN(Cc2ccon2)CC1. The first-order valence-corrected chi connectivity index (χ1v) is 9.55. The van der Waals surface area contributed by atoms with Crippen LogP contribution in [0.3, 0.4) is 0 Å². The zero-order chi connectivity index (χ0) is 19.3. The quantitative estimate of drug-likeness (QED) is 0.635. The number of hydrogen-bond acceptors (Lipinski definition) is 6. The summed E-state index contributed by atoms with van der Waals surface area (Å²) >= 11 is 0. The number of nitrogens with one attached hydrogen (secondary N) is 1. The second-order valence-electron chi connectivity index (χ2n) is 7.79. The van der Waals surface area contributed by atoms with Crippen LogP contribution in [0.15, 0.2) is 32.5 Å². The fourth-order valence-electron chi connectivity index (χ4n) is 2.96. The average Bonchev–Trinajstić information content (AvgIpc) is 3.31. The van der Waals surface area contributed by atoms with E-state index in [9.17, 15) is 0 Å². The van der Waals surface area contributed by atoms with Crippen LogP contribution in [0.5, 0.6) is 0 Å². The lowest BCUT2D eigenvalue weighted by atomic mass is 9.94. The van der Waals surface area contributed by atoms with E-state index in [4.69, 9.17) is 13.9 Å². The van der Waals surface area contributed by atoms with Crippen LogP contribution in [-0.2, 0) is 18.5 Å². The van der Waals surface area contributed by atoms with Gasteiger partial charge in [-0.05, 0) is 6.92 Å². The molecule has 0 atom stereocenters. The number of rotatable bonds is 5. The number of guanidine groups is 1. The monoisotopic (exact) mass is 374 g/mol. The minimum absolute atomic E-state index is 0.0420. The maximum absolute atomic E-state index is 5.85. The molecule has 1 fully saturated rings. The highest BCUT2D eigenvalue weighted by Gasteiger charge is 2.21. The first-order valence-electron chi connectivity index (χ1n) is 9.55. The standard InChI is InChI=1S/C19H30N6O2/c1-5-20-18(22-13-17-21-12-16(27-17)19(2,3)4)25-9-7-24(8-10-25)14-15-6-11-26-23-15/h6,11-12H,5,7-10,13-14H2,1-4H3,(H,20,22). The van der Waals surface area contributed by atoms with Crippen molar-refractivity contribution < 1.29 is 8.94 Å². The number of aromatic nitrogens is 2. The van der Waals surface area contributed by atoms with E-state index in [0.717, 1.165) is 56.7 Å². The molecule has 1 aliphatic rings. The molecular formula is C19H30N6O2. The molecule has 148 valence electrons. The fourth-order valence-corrected chi connectivity index (χ4v) is 2.96. The maximum Gasteiger partial charge on any atom is 0.216 e. The van der Waals surface area contributed by atoms with Crippen molar-refractivity contribution in [2.75, 3.05) is 32.7 Å². The Morgan fingerprint density at radius 2 is 2.04 bits per heavy atom. The molecule has 8 nitrogen and oxygen atoms in total.